The van der Waals surface area contributed by atoms with Gasteiger partial charge in [-0.1, -0.05) is 30.3 Å². The molecule has 0 bridgehead atoms. The fraction of sp³-hybridized carbons (Fsp3) is 0.286. The number of aryl methyl sites for hydroxylation is 1. The normalized spacial score (nSPS) is 12.5. The van der Waals surface area contributed by atoms with Gasteiger partial charge in [0.05, 0.1) is 24.0 Å². The fourth-order valence-corrected chi connectivity index (χ4v) is 5.17. The Kier molecular flexibility index (Phi) is 5.39. The molecule has 1 aromatic carbocycles. The first-order chi connectivity index (χ1) is 13.6. The predicted octanol–water partition coefficient (Wildman–Crippen LogP) is 5.04. The number of benzene rings is 1. The number of aromatic nitrogens is 3. The summed E-state index contributed by atoms with van der Waals surface area (Å²) in [5.41, 5.74) is 2.93. The molecule has 1 unspecified atom stereocenters. The van der Waals surface area contributed by atoms with Crippen LogP contribution in [0.15, 0.2) is 46.8 Å². The van der Waals surface area contributed by atoms with Crippen molar-refractivity contribution >= 4 is 32.9 Å². The van der Waals surface area contributed by atoms with Crippen molar-refractivity contribution in [1.29, 1.82) is 0 Å². The van der Waals surface area contributed by atoms with Gasteiger partial charge in [-0.2, -0.15) is 0 Å². The molecule has 0 aliphatic heterocycles. The maximum Gasteiger partial charge on any atom is 0.262 e. The average Bonchev–Trinajstić information content (AvgIpc) is 3.30. The van der Waals surface area contributed by atoms with Crippen molar-refractivity contribution in [3.05, 3.63) is 68.7 Å². The summed E-state index contributed by atoms with van der Waals surface area (Å²) in [5, 5.41) is 3.61. The quantitative estimate of drug-likeness (QED) is 0.446. The number of hydrogen-bond donors (Lipinski definition) is 0. The minimum atomic E-state index is -0.0337. The lowest BCUT2D eigenvalue weighted by atomic mass is 10.1. The lowest BCUT2D eigenvalue weighted by Crippen LogP contribution is -2.21. The van der Waals surface area contributed by atoms with Gasteiger partial charge >= 0.3 is 0 Å². The Morgan fingerprint density at radius 1 is 1.25 bits per heavy atom. The fourth-order valence-electron chi connectivity index (χ4n) is 3.21. The number of thiophene rings is 1. The van der Waals surface area contributed by atoms with Gasteiger partial charge in [0.1, 0.15) is 15.9 Å². The number of fused-ring (bicyclic) bond motifs is 1. The molecule has 0 spiro atoms. The number of nitrogens with zero attached hydrogens (tertiary/aromatic N) is 3. The second-order valence-corrected chi connectivity index (χ2v) is 8.44. The van der Waals surface area contributed by atoms with Crippen LogP contribution in [0.25, 0.3) is 20.7 Å². The van der Waals surface area contributed by atoms with Crippen LogP contribution in [0, 0.1) is 6.92 Å². The van der Waals surface area contributed by atoms with Gasteiger partial charge in [-0.05, 0) is 31.9 Å². The first kappa shape index (κ1) is 19.0. The Bertz CT molecular complexity index is 1160. The zero-order valence-corrected chi connectivity index (χ0v) is 17.6. The second kappa shape index (κ2) is 7.95. The van der Waals surface area contributed by atoms with Crippen molar-refractivity contribution in [2.75, 3.05) is 6.61 Å². The molecule has 3 heterocycles. The molecule has 5 nitrogen and oxygen atoms in total. The number of rotatable bonds is 6. The lowest BCUT2D eigenvalue weighted by molar-refractivity contribution is 0.0761. The standard InChI is InChI=1S/C21H21N3O2S2/c1-4-26-14(3)19-23-16(11-27-19)10-24-12-22-20-17(21(24)25)13(2)18(28-20)15-8-6-5-7-9-15/h5-9,11-12,14H,4,10H2,1-3H3. The number of ether oxygens (including phenoxy) is 1. The lowest BCUT2D eigenvalue weighted by Gasteiger charge is -2.07. The van der Waals surface area contributed by atoms with E-state index in [1.807, 2.05) is 44.4 Å². The third-order valence-electron chi connectivity index (χ3n) is 4.62. The molecule has 0 saturated carbocycles. The summed E-state index contributed by atoms with van der Waals surface area (Å²) in [7, 11) is 0. The number of thiazole rings is 1. The molecule has 0 fully saturated rings. The molecule has 0 aliphatic carbocycles. The predicted molar refractivity (Wildman–Crippen MR) is 115 cm³/mol. The van der Waals surface area contributed by atoms with E-state index in [4.69, 9.17) is 4.74 Å². The van der Waals surface area contributed by atoms with Crippen LogP contribution in [0.2, 0.25) is 0 Å². The Balaban J connectivity index is 1.69. The highest BCUT2D eigenvalue weighted by atomic mass is 32.1. The van der Waals surface area contributed by atoms with Gasteiger partial charge in [-0.25, -0.2) is 9.97 Å². The summed E-state index contributed by atoms with van der Waals surface area (Å²) in [6, 6.07) is 10.1. The first-order valence-electron chi connectivity index (χ1n) is 9.18. The smallest absolute Gasteiger partial charge is 0.262 e. The van der Waals surface area contributed by atoms with Crippen molar-refractivity contribution in [3.63, 3.8) is 0 Å². The first-order valence-corrected chi connectivity index (χ1v) is 10.9. The minimum Gasteiger partial charge on any atom is -0.372 e. The van der Waals surface area contributed by atoms with Crippen molar-refractivity contribution < 1.29 is 4.74 Å². The van der Waals surface area contributed by atoms with E-state index in [2.05, 4.69) is 22.1 Å². The maximum atomic E-state index is 13.1. The van der Waals surface area contributed by atoms with Crippen LogP contribution >= 0.6 is 22.7 Å². The van der Waals surface area contributed by atoms with Gasteiger partial charge < -0.3 is 4.74 Å². The monoisotopic (exact) mass is 411 g/mol. The maximum absolute atomic E-state index is 13.1. The van der Waals surface area contributed by atoms with Crippen LogP contribution in [0.3, 0.4) is 0 Å². The highest BCUT2D eigenvalue weighted by Crippen LogP contribution is 2.35. The van der Waals surface area contributed by atoms with Crippen LogP contribution < -0.4 is 5.56 Å². The van der Waals surface area contributed by atoms with E-state index in [0.717, 1.165) is 31.5 Å². The van der Waals surface area contributed by atoms with Gasteiger partial charge in [0, 0.05) is 16.9 Å². The summed E-state index contributed by atoms with van der Waals surface area (Å²) < 4.78 is 7.24. The van der Waals surface area contributed by atoms with Crippen LogP contribution in [-0.2, 0) is 11.3 Å². The van der Waals surface area contributed by atoms with Gasteiger partial charge in [0.2, 0.25) is 0 Å². The zero-order chi connectivity index (χ0) is 19.7. The second-order valence-electron chi connectivity index (χ2n) is 6.55. The van der Waals surface area contributed by atoms with Crippen LogP contribution in [0.1, 0.15) is 36.2 Å². The number of hydrogen-bond acceptors (Lipinski definition) is 6. The highest BCUT2D eigenvalue weighted by Gasteiger charge is 2.17. The summed E-state index contributed by atoms with van der Waals surface area (Å²) in [4.78, 5) is 24.2. The van der Waals surface area contributed by atoms with Gasteiger partial charge in [-0.15, -0.1) is 22.7 Å². The van der Waals surface area contributed by atoms with E-state index in [9.17, 15) is 4.79 Å². The van der Waals surface area contributed by atoms with E-state index in [1.165, 1.54) is 0 Å². The summed E-state index contributed by atoms with van der Waals surface area (Å²) in [6.07, 6.45) is 1.59. The van der Waals surface area contributed by atoms with E-state index in [-0.39, 0.29) is 11.7 Å². The molecule has 0 amide bonds. The summed E-state index contributed by atoms with van der Waals surface area (Å²) >= 11 is 3.13. The molecule has 3 aromatic heterocycles. The van der Waals surface area contributed by atoms with Gasteiger partial charge in [0.15, 0.2) is 0 Å². The Morgan fingerprint density at radius 2 is 2.04 bits per heavy atom. The molecule has 4 rings (SSSR count). The Hall–Kier alpha value is -2.35. The van der Waals surface area contributed by atoms with Crippen molar-refractivity contribution in [2.45, 2.75) is 33.4 Å². The van der Waals surface area contributed by atoms with Crippen LogP contribution in [-0.4, -0.2) is 21.1 Å². The van der Waals surface area contributed by atoms with Crippen molar-refractivity contribution in [2.24, 2.45) is 0 Å². The molecular formula is C21H21N3O2S2. The third kappa shape index (κ3) is 3.53. The van der Waals surface area contributed by atoms with Crippen LogP contribution in [0.5, 0.6) is 0 Å². The molecule has 0 saturated heterocycles. The van der Waals surface area contributed by atoms with Crippen molar-refractivity contribution in [3.8, 4) is 10.4 Å². The molecule has 4 aromatic rings. The van der Waals surface area contributed by atoms with E-state index < -0.39 is 0 Å². The average molecular weight is 412 g/mol. The molecule has 28 heavy (non-hydrogen) atoms. The van der Waals surface area contributed by atoms with E-state index in [1.54, 1.807) is 33.6 Å². The van der Waals surface area contributed by atoms with Gasteiger partial charge in [0.25, 0.3) is 5.56 Å². The van der Waals surface area contributed by atoms with E-state index >= 15 is 0 Å². The molecule has 0 aliphatic rings. The SMILES string of the molecule is CCOC(C)c1nc(Cn2cnc3sc(-c4ccccc4)c(C)c3c2=O)cs1. The molecule has 7 heteroatoms. The molecule has 1 atom stereocenters. The summed E-state index contributed by atoms with van der Waals surface area (Å²) in [5.74, 6) is 0. The Labute approximate surface area is 171 Å². The van der Waals surface area contributed by atoms with E-state index in [0.29, 0.717) is 18.5 Å². The van der Waals surface area contributed by atoms with Crippen LogP contribution in [0.4, 0.5) is 0 Å². The molecule has 0 N–H and O–H groups in total. The highest BCUT2D eigenvalue weighted by molar-refractivity contribution is 7.22. The molecule has 0 radical (unpaired) electrons. The third-order valence-corrected chi connectivity index (χ3v) is 6.92. The molecular weight excluding hydrogens is 390 g/mol. The largest absolute Gasteiger partial charge is 0.372 e. The zero-order valence-electron chi connectivity index (χ0n) is 16.0. The van der Waals surface area contributed by atoms with Gasteiger partial charge in [-0.3, -0.25) is 9.36 Å². The summed E-state index contributed by atoms with van der Waals surface area (Å²) in [6.45, 7) is 7.02. The Morgan fingerprint density at radius 3 is 2.79 bits per heavy atom. The van der Waals surface area contributed by atoms with Crippen molar-refractivity contribution in [1.82, 2.24) is 14.5 Å². The molecule has 144 valence electrons. The minimum absolute atomic E-state index is 0.0201. The topological polar surface area (TPSA) is 57.0 Å².